The molecule has 1 heterocycles. The molecular formula is C35H50N10O7. The van der Waals surface area contributed by atoms with E-state index >= 15 is 0 Å². The lowest BCUT2D eigenvalue weighted by Gasteiger charge is -2.32. The van der Waals surface area contributed by atoms with Crippen LogP contribution in [-0.4, -0.2) is 113 Å². The lowest BCUT2D eigenvalue weighted by Crippen LogP contribution is -2.56. The number of nitriles is 1. The van der Waals surface area contributed by atoms with Crippen LogP contribution in [0.1, 0.15) is 36.9 Å². The minimum absolute atomic E-state index is 0.0228. The Balaban J connectivity index is 2.27. The average Bonchev–Trinajstić information content (AvgIpc) is 3.13. The van der Waals surface area contributed by atoms with Gasteiger partial charge in [0.2, 0.25) is 29.5 Å². The second kappa shape index (κ2) is 20.5. The molecule has 0 saturated heterocycles. The second-order valence-electron chi connectivity index (χ2n) is 12.1. The van der Waals surface area contributed by atoms with Crippen LogP contribution in [0, 0.1) is 11.3 Å². The molecule has 2 aromatic rings. The summed E-state index contributed by atoms with van der Waals surface area (Å²) in [5.74, 6) is -2.16. The second-order valence-corrected chi connectivity index (χ2v) is 12.1. The number of fused-ring (bicyclic) bond motifs is 5. The van der Waals surface area contributed by atoms with E-state index in [4.69, 9.17) is 31.9 Å². The predicted octanol–water partition coefficient (Wildman–Crippen LogP) is -1.84. The molecule has 1 aliphatic rings. The van der Waals surface area contributed by atoms with E-state index in [1.165, 1.54) is 18.9 Å². The number of amides is 5. The Bertz CT molecular complexity index is 1610. The molecule has 52 heavy (non-hydrogen) atoms. The summed E-state index contributed by atoms with van der Waals surface area (Å²) in [6.45, 7) is 2.37. The fraction of sp³-hybridized carbons (Fsp3) is 0.486. The van der Waals surface area contributed by atoms with E-state index in [1.54, 1.807) is 43.4 Å². The van der Waals surface area contributed by atoms with Crippen LogP contribution in [0.4, 0.5) is 0 Å². The van der Waals surface area contributed by atoms with Crippen LogP contribution in [0.5, 0.6) is 11.5 Å². The maximum absolute atomic E-state index is 14.2. The summed E-state index contributed by atoms with van der Waals surface area (Å²) in [7, 11) is 3.12. The highest BCUT2D eigenvalue weighted by atomic mass is 16.5. The highest BCUT2D eigenvalue weighted by Crippen LogP contribution is 2.40. The van der Waals surface area contributed by atoms with Gasteiger partial charge in [0.05, 0.1) is 6.07 Å². The zero-order valence-electron chi connectivity index (χ0n) is 29.8. The summed E-state index contributed by atoms with van der Waals surface area (Å²) in [6.07, 6.45) is 0.236. The number of ether oxygens (including phenoxy) is 2. The molecule has 1 unspecified atom stereocenters. The van der Waals surface area contributed by atoms with Crippen molar-refractivity contribution in [2.45, 2.75) is 50.4 Å². The third kappa shape index (κ3) is 11.1. The molecule has 282 valence electrons. The van der Waals surface area contributed by atoms with Crippen molar-refractivity contribution >= 4 is 29.5 Å². The van der Waals surface area contributed by atoms with Gasteiger partial charge >= 0.3 is 0 Å². The number of nitrogens with two attached hydrogens (primary N) is 3. The molecule has 17 heteroatoms. The highest BCUT2D eigenvalue weighted by Gasteiger charge is 2.36. The van der Waals surface area contributed by atoms with Gasteiger partial charge in [0.15, 0.2) is 0 Å². The summed E-state index contributed by atoms with van der Waals surface area (Å²) in [5, 5.41) is 22.5. The Morgan fingerprint density at radius 3 is 2.25 bits per heavy atom. The van der Waals surface area contributed by atoms with E-state index in [1.807, 2.05) is 6.07 Å². The molecule has 4 atom stereocenters. The summed E-state index contributed by atoms with van der Waals surface area (Å²) in [5.41, 5.74) is 19.3. The number of hydrogen-bond donors (Lipinski definition) is 8. The van der Waals surface area contributed by atoms with Crippen molar-refractivity contribution in [2.75, 3.05) is 60.0 Å². The van der Waals surface area contributed by atoms with Gasteiger partial charge in [-0.15, -0.1) is 0 Å². The minimum Gasteiger partial charge on any atom is -0.492 e. The van der Waals surface area contributed by atoms with E-state index in [0.29, 0.717) is 40.3 Å². The molecular weight excluding hydrogens is 672 g/mol. The largest absolute Gasteiger partial charge is 0.492 e. The maximum atomic E-state index is 14.2. The van der Waals surface area contributed by atoms with Gasteiger partial charge in [0.1, 0.15) is 55.4 Å². The van der Waals surface area contributed by atoms with E-state index < -0.39 is 47.8 Å². The van der Waals surface area contributed by atoms with E-state index in [0.717, 1.165) is 0 Å². The van der Waals surface area contributed by atoms with Gasteiger partial charge in [-0.05, 0) is 62.3 Å². The van der Waals surface area contributed by atoms with E-state index in [9.17, 15) is 24.0 Å². The SMILES string of the molecule is CNCCC(=O)N[C@@H](CCN)C(=O)N(C)[C@@H]1C(=O)NC(C)C(=O)N[C@H](C(=O)NCC#N)Cc2ccc(OCCN)c(c2)-c2cc1ccc2OCCN. The maximum Gasteiger partial charge on any atom is 0.248 e. The molecule has 4 bridgehead atoms. The molecule has 0 aromatic heterocycles. The van der Waals surface area contributed by atoms with Crippen LogP contribution in [-0.2, 0) is 30.4 Å². The first-order chi connectivity index (χ1) is 25.0. The van der Waals surface area contributed by atoms with Gasteiger partial charge in [-0.3, -0.25) is 24.0 Å². The molecule has 0 fully saturated rings. The molecule has 0 spiro atoms. The number of nitrogens with one attached hydrogen (secondary N) is 5. The number of likely N-dealkylation sites (N-methyl/N-ethyl adjacent to an activating group) is 1. The first-order valence-electron chi connectivity index (χ1n) is 17.1. The quantitative estimate of drug-likeness (QED) is 0.0889. The van der Waals surface area contributed by atoms with Crippen LogP contribution in [0.2, 0.25) is 0 Å². The third-order valence-corrected chi connectivity index (χ3v) is 8.24. The van der Waals surface area contributed by atoms with Gasteiger partial charge in [-0.2, -0.15) is 5.26 Å². The predicted molar refractivity (Wildman–Crippen MR) is 192 cm³/mol. The van der Waals surface area contributed by atoms with E-state index in [-0.39, 0.29) is 64.6 Å². The van der Waals surface area contributed by atoms with Crippen molar-refractivity contribution in [2.24, 2.45) is 17.2 Å². The molecule has 11 N–H and O–H groups in total. The Kier molecular flexibility index (Phi) is 16.3. The van der Waals surface area contributed by atoms with Crippen LogP contribution < -0.4 is 53.3 Å². The summed E-state index contributed by atoms with van der Waals surface area (Å²) >= 11 is 0. The fourth-order valence-corrected chi connectivity index (χ4v) is 5.63. The van der Waals surface area contributed by atoms with E-state index in [2.05, 4.69) is 26.6 Å². The highest BCUT2D eigenvalue weighted by molar-refractivity contribution is 5.96. The zero-order chi connectivity index (χ0) is 38.2. The van der Waals surface area contributed by atoms with Crippen molar-refractivity contribution in [3.05, 3.63) is 47.5 Å². The lowest BCUT2D eigenvalue weighted by atomic mass is 9.93. The summed E-state index contributed by atoms with van der Waals surface area (Å²) in [6, 6.07) is 7.36. The molecule has 17 nitrogen and oxygen atoms in total. The number of carbonyl (C=O) groups excluding carboxylic acids is 5. The van der Waals surface area contributed by atoms with Crippen LogP contribution in [0.3, 0.4) is 0 Å². The third-order valence-electron chi connectivity index (χ3n) is 8.24. The van der Waals surface area contributed by atoms with Crippen molar-refractivity contribution in [1.82, 2.24) is 31.5 Å². The molecule has 0 radical (unpaired) electrons. The Labute approximate surface area is 303 Å². The summed E-state index contributed by atoms with van der Waals surface area (Å²) < 4.78 is 12.1. The first kappa shape index (κ1) is 41.1. The minimum atomic E-state index is -1.33. The number of nitrogens with zero attached hydrogens (tertiary/aromatic N) is 2. The molecule has 0 saturated carbocycles. The molecule has 5 amide bonds. The van der Waals surface area contributed by atoms with Crippen LogP contribution in [0.25, 0.3) is 11.1 Å². The Morgan fingerprint density at radius 1 is 0.981 bits per heavy atom. The first-order valence-corrected chi connectivity index (χ1v) is 17.1. The Hall–Kier alpha value is -5.28. The zero-order valence-corrected chi connectivity index (χ0v) is 29.8. The molecule has 3 rings (SSSR count). The summed E-state index contributed by atoms with van der Waals surface area (Å²) in [4.78, 5) is 68.8. The number of hydrogen-bond acceptors (Lipinski definition) is 12. The monoisotopic (exact) mass is 722 g/mol. The standard InChI is InChI=1S/C35H50N10O7/c1-21-32(47)44-27(33(48)41-15-11-37)19-22-4-6-28(51-16-12-38)24(18-22)25-20-23(5-7-29(25)52-17-13-39)31(34(49)42-21)45(3)35(50)26(8-10-36)43-30(46)9-14-40-2/h4-7,18,20-21,26-27,31,40H,8-10,12-17,19,36,38-39H2,1-3H3,(H,41,48)(H,42,49)(H,43,46)(H,44,47)/t21?,26-,27-,31-/m0/s1. The number of benzene rings is 2. The van der Waals surface area contributed by atoms with Gasteiger partial charge in [0, 0.05) is 50.7 Å². The molecule has 1 aliphatic heterocycles. The van der Waals surface area contributed by atoms with Crippen molar-refractivity contribution in [3.8, 4) is 28.7 Å². The molecule has 0 aliphatic carbocycles. The normalized spacial score (nSPS) is 17.7. The lowest BCUT2D eigenvalue weighted by molar-refractivity contribution is -0.143. The van der Waals surface area contributed by atoms with Crippen molar-refractivity contribution in [3.63, 3.8) is 0 Å². The van der Waals surface area contributed by atoms with Gasteiger partial charge in [0.25, 0.3) is 0 Å². The number of carbonyl (C=O) groups is 5. The van der Waals surface area contributed by atoms with Gasteiger partial charge in [-0.1, -0.05) is 12.1 Å². The van der Waals surface area contributed by atoms with Crippen LogP contribution >= 0.6 is 0 Å². The van der Waals surface area contributed by atoms with Crippen LogP contribution in [0.15, 0.2) is 36.4 Å². The van der Waals surface area contributed by atoms with Crippen molar-refractivity contribution in [1.29, 1.82) is 5.26 Å². The van der Waals surface area contributed by atoms with Gasteiger partial charge < -0.3 is 58.2 Å². The van der Waals surface area contributed by atoms with Crippen molar-refractivity contribution < 1.29 is 33.4 Å². The average molecular weight is 723 g/mol. The Morgan fingerprint density at radius 2 is 1.63 bits per heavy atom. The van der Waals surface area contributed by atoms with Gasteiger partial charge in [-0.25, -0.2) is 0 Å². The fourth-order valence-electron chi connectivity index (χ4n) is 5.63. The topological polar surface area (TPSA) is 269 Å². The molecule has 2 aromatic carbocycles. The smallest absolute Gasteiger partial charge is 0.248 e. The number of rotatable bonds is 16.